The number of nitrogens with zero attached hydrogens (tertiary/aromatic N) is 3. The minimum atomic E-state index is -2.26. The molecule has 0 unspecified atom stereocenters. The molecule has 232 valence electrons. The Morgan fingerprint density at radius 2 is 1.28 bits per heavy atom. The molecule has 5 heterocycles. The van der Waals surface area contributed by atoms with Crippen LogP contribution in [0.2, 0.25) is 0 Å². The lowest BCUT2D eigenvalue weighted by Crippen LogP contribution is -2.60. The summed E-state index contributed by atoms with van der Waals surface area (Å²) < 4.78 is 37.1. The van der Waals surface area contributed by atoms with Crippen molar-refractivity contribution in [3.63, 3.8) is 0 Å². The molecule has 0 spiro atoms. The molecule has 0 aliphatic carbocycles. The number of furan rings is 1. The fourth-order valence-corrected chi connectivity index (χ4v) is 9.12. The smallest absolute Gasteiger partial charge is 0.297 e. The molecule has 3 aromatic heterocycles. The van der Waals surface area contributed by atoms with E-state index in [-0.39, 0.29) is 6.71 Å². The molecular weight excluding hydrogens is 609 g/mol. The van der Waals surface area contributed by atoms with Crippen molar-refractivity contribution in [3.05, 3.63) is 157 Å². The molecule has 0 radical (unpaired) electrons. The quantitative estimate of drug-likeness (QED) is 0.176. The van der Waals surface area contributed by atoms with Crippen LogP contribution in [0.3, 0.4) is 0 Å². The van der Waals surface area contributed by atoms with Gasteiger partial charge >= 0.3 is 0 Å². The summed E-state index contributed by atoms with van der Waals surface area (Å²) in [5.41, 5.74) is 13.9. The van der Waals surface area contributed by atoms with Crippen LogP contribution < -0.4 is 21.5 Å². The summed E-state index contributed by atoms with van der Waals surface area (Å²) in [5, 5.41) is 5.28. The van der Waals surface area contributed by atoms with Gasteiger partial charge < -0.3 is 18.5 Å². The lowest BCUT2D eigenvalue weighted by Gasteiger charge is -2.38. The van der Waals surface area contributed by atoms with Gasteiger partial charge in [-0.2, -0.15) is 0 Å². The molecule has 5 heteroatoms. The zero-order valence-electron chi connectivity index (χ0n) is 29.8. The number of aryl methyl sites for hydroxylation is 1. The van der Waals surface area contributed by atoms with Gasteiger partial charge in [-0.3, -0.25) is 0 Å². The van der Waals surface area contributed by atoms with Crippen molar-refractivity contribution in [2.45, 2.75) is 6.85 Å². The molecule has 0 fully saturated rings. The first kappa shape index (κ1) is 23.8. The van der Waals surface area contributed by atoms with Crippen LogP contribution in [-0.4, -0.2) is 15.8 Å². The highest BCUT2D eigenvalue weighted by molar-refractivity contribution is 7.00. The molecule has 0 bridgehead atoms. The van der Waals surface area contributed by atoms with Gasteiger partial charge in [0.2, 0.25) is 0 Å². The van der Waals surface area contributed by atoms with E-state index in [0.717, 1.165) is 99.6 Å². The van der Waals surface area contributed by atoms with Crippen molar-refractivity contribution in [2.75, 3.05) is 4.90 Å². The summed E-state index contributed by atoms with van der Waals surface area (Å²) in [6.07, 6.45) is 0. The minimum absolute atomic E-state index is 0.225. The van der Waals surface area contributed by atoms with Gasteiger partial charge in [-0.05, 0) is 90.6 Å². The molecule has 2 aliphatic rings. The SMILES string of the molecule is [2H]C([2H])([2H])c1ccc2c(c1)c1c3c4ccccc4n(-c4ccccc4)c3cc3c1n2-c1cccc2c1B3c1oc3ccccc3c1N2c1ccccc1. The average Bonchev–Trinajstić information content (AvgIpc) is 3.85. The van der Waals surface area contributed by atoms with Crippen molar-refractivity contribution < 1.29 is 8.53 Å². The van der Waals surface area contributed by atoms with Crippen LogP contribution in [0.5, 0.6) is 0 Å². The van der Waals surface area contributed by atoms with E-state index in [1.165, 1.54) is 0 Å². The van der Waals surface area contributed by atoms with Gasteiger partial charge in [0.1, 0.15) is 5.58 Å². The Morgan fingerprint density at radius 3 is 2.12 bits per heavy atom. The topological polar surface area (TPSA) is 26.2 Å². The molecule has 2 aliphatic heterocycles. The number of anilines is 3. The van der Waals surface area contributed by atoms with E-state index in [2.05, 4.69) is 135 Å². The molecule has 0 saturated carbocycles. The van der Waals surface area contributed by atoms with E-state index in [1.54, 1.807) is 6.07 Å². The summed E-state index contributed by atoms with van der Waals surface area (Å²) in [5.74, 6) is 0. The number of aromatic nitrogens is 2. The number of hydrogen-bond acceptors (Lipinski definition) is 2. The van der Waals surface area contributed by atoms with E-state index in [0.29, 0.717) is 5.56 Å². The molecule has 0 amide bonds. The molecule has 7 aromatic carbocycles. The summed E-state index contributed by atoms with van der Waals surface area (Å²) >= 11 is 0. The van der Waals surface area contributed by atoms with E-state index in [4.69, 9.17) is 8.53 Å². The number of fused-ring (bicyclic) bond motifs is 13. The Morgan fingerprint density at radius 1 is 0.560 bits per heavy atom. The fraction of sp³-hybridized carbons (Fsp3) is 0.0222. The normalized spacial score (nSPS) is 14.4. The van der Waals surface area contributed by atoms with Crippen molar-refractivity contribution in [3.8, 4) is 11.4 Å². The largest absolute Gasteiger partial charge is 0.468 e. The van der Waals surface area contributed by atoms with Gasteiger partial charge in [0.25, 0.3) is 6.71 Å². The van der Waals surface area contributed by atoms with E-state index in [9.17, 15) is 0 Å². The van der Waals surface area contributed by atoms with Gasteiger partial charge in [-0.1, -0.05) is 84.4 Å². The third kappa shape index (κ3) is 3.18. The van der Waals surface area contributed by atoms with Gasteiger partial charge in [0.15, 0.2) is 0 Å². The molecule has 0 N–H and O–H groups in total. The van der Waals surface area contributed by atoms with E-state index in [1.807, 2.05) is 24.3 Å². The van der Waals surface area contributed by atoms with Gasteiger partial charge in [0.05, 0.1) is 33.4 Å². The fourth-order valence-electron chi connectivity index (χ4n) is 9.12. The first-order chi connectivity index (χ1) is 26.0. The number of benzene rings is 7. The molecule has 0 saturated heterocycles. The maximum absolute atomic E-state index is 8.43. The van der Waals surface area contributed by atoms with Crippen LogP contribution in [0.15, 0.2) is 156 Å². The zero-order chi connectivity index (χ0) is 35.2. The number of para-hydroxylation sites is 4. The first-order valence-corrected chi connectivity index (χ1v) is 17.1. The molecule has 0 atom stereocenters. The number of hydrogen-bond donors (Lipinski definition) is 0. The predicted molar refractivity (Wildman–Crippen MR) is 209 cm³/mol. The van der Waals surface area contributed by atoms with E-state index < -0.39 is 6.85 Å². The van der Waals surface area contributed by atoms with Crippen LogP contribution in [0.25, 0.3) is 66.0 Å². The summed E-state index contributed by atoms with van der Waals surface area (Å²) in [6.45, 7) is -2.48. The summed E-state index contributed by atoms with van der Waals surface area (Å²) in [4.78, 5) is 2.36. The summed E-state index contributed by atoms with van der Waals surface area (Å²) in [7, 11) is 0. The molecular formula is C45H28BN3O. The van der Waals surface area contributed by atoms with Gasteiger partial charge in [-0.15, -0.1) is 0 Å². The molecule has 10 aromatic rings. The molecule has 12 rings (SSSR count). The highest BCUT2D eigenvalue weighted by atomic mass is 16.3. The van der Waals surface area contributed by atoms with Gasteiger partial charge in [-0.25, -0.2) is 0 Å². The number of rotatable bonds is 2. The van der Waals surface area contributed by atoms with Crippen molar-refractivity contribution >= 4 is 94.9 Å². The van der Waals surface area contributed by atoms with Crippen LogP contribution in [0, 0.1) is 6.85 Å². The average molecular weight is 641 g/mol. The zero-order valence-corrected chi connectivity index (χ0v) is 26.8. The Balaban J connectivity index is 1.33. The second-order valence-electron chi connectivity index (χ2n) is 13.5. The Hall–Kier alpha value is -6.46. The monoisotopic (exact) mass is 640 g/mol. The maximum atomic E-state index is 8.43. The Labute approximate surface area is 292 Å². The highest BCUT2D eigenvalue weighted by Gasteiger charge is 2.46. The lowest BCUT2D eigenvalue weighted by atomic mass is 9.36. The standard InChI is InChI=1S/C45H28BN3O/c1-27-23-24-35-32(25-27)41-40-30-17-8-10-19-34(30)47(28-13-4-2-5-14-28)38(40)26-33-44(41)49(35)37-21-12-20-36-42(37)46(33)45-43(31-18-9-11-22-39(31)50-45)48(36)29-15-6-3-7-16-29/h2-26H,1H3/i1D3. The predicted octanol–water partition coefficient (Wildman–Crippen LogP) is 9.55. The summed E-state index contributed by atoms with van der Waals surface area (Å²) in [6, 6.07) is 52.6. The first-order valence-electron chi connectivity index (χ1n) is 18.6. The van der Waals surface area contributed by atoms with Crippen LogP contribution in [-0.2, 0) is 0 Å². The van der Waals surface area contributed by atoms with Crippen LogP contribution >= 0.6 is 0 Å². The minimum Gasteiger partial charge on any atom is -0.468 e. The molecule has 50 heavy (non-hydrogen) atoms. The van der Waals surface area contributed by atoms with Crippen LogP contribution in [0.4, 0.5) is 17.1 Å². The second-order valence-corrected chi connectivity index (χ2v) is 13.5. The highest BCUT2D eigenvalue weighted by Crippen LogP contribution is 2.47. The van der Waals surface area contributed by atoms with Crippen molar-refractivity contribution in [1.82, 2.24) is 9.13 Å². The third-order valence-corrected chi connectivity index (χ3v) is 10.9. The lowest BCUT2D eigenvalue weighted by molar-refractivity contribution is 0.651. The van der Waals surface area contributed by atoms with Crippen molar-refractivity contribution in [1.29, 1.82) is 0 Å². The van der Waals surface area contributed by atoms with Crippen LogP contribution in [0.1, 0.15) is 9.68 Å². The Kier molecular flexibility index (Phi) is 4.46. The Bertz CT molecular complexity index is 3180. The maximum Gasteiger partial charge on any atom is 0.297 e. The van der Waals surface area contributed by atoms with E-state index >= 15 is 0 Å². The third-order valence-electron chi connectivity index (χ3n) is 10.9. The van der Waals surface area contributed by atoms with Crippen molar-refractivity contribution in [2.24, 2.45) is 0 Å². The molecule has 4 nitrogen and oxygen atoms in total. The van der Waals surface area contributed by atoms with Gasteiger partial charge in [0, 0.05) is 53.8 Å². The second kappa shape index (κ2) is 9.37.